The fourth-order valence-electron chi connectivity index (χ4n) is 3.91. The Morgan fingerprint density at radius 2 is 1.56 bits per heavy atom. The van der Waals surface area contributed by atoms with Crippen molar-refractivity contribution in [2.75, 3.05) is 18.0 Å². The Balaban J connectivity index is 1.65. The zero-order chi connectivity index (χ0) is 17.6. The number of hydrogen-bond acceptors (Lipinski definition) is 3. The fraction of sp³-hybridized carbons (Fsp3) is 0.600. The third-order valence-electron chi connectivity index (χ3n) is 5.21. The first-order chi connectivity index (χ1) is 12.1. The lowest BCUT2D eigenvalue weighted by Crippen LogP contribution is -2.40. The molecule has 0 unspecified atom stereocenters. The van der Waals surface area contributed by atoms with E-state index in [4.69, 9.17) is 4.74 Å². The van der Waals surface area contributed by atoms with Crippen LogP contribution in [0.5, 0.6) is 5.75 Å². The molecule has 1 aliphatic carbocycles. The summed E-state index contributed by atoms with van der Waals surface area (Å²) in [6, 6.07) is 7.63. The minimum absolute atomic E-state index is 0.0740. The number of likely N-dealkylation sites (tertiary alicyclic amines) is 1. The van der Waals surface area contributed by atoms with E-state index in [9.17, 15) is 9.59 Å². The SMILES string of the molecule is CC(=O)N(c1ccc(OC(=O)N2CCCCC2)cc1)C1CCCCC1. The molecule has 3 rings (SSSR count). The lowest BCUT2D eigenvalue weighted by molar-refractivity contribution is -0.117. The van der Waals surface area contributed by atoms with Crippen LogP contribution < -0.4 is 9.64 Å². The molecule has 0 atom stereocenters. The van der Waals surface area contributed by atoms with Gasteiger partial charge in [-0.25, -0.2) is 4.79 Å². The predicted molar refractivity (Wildman–Crippen MR) is 97.9 cm³/mol. The molecule has 2 aliphatic rings. The van der Waals surface area contributed by atoms with E-state index in [1.165, 1.54) is 25.7 Å². The van der Waals surface area contributed by atoms with Gasteiger partial charge in [-0.1, -0.05) is 19.3 Å². The molecule has 0 bridgehead atoms. The Labute approximate surface area is 149 Å². The highest BCUT2D eigenvalue weighted by molar-refractivity contribution is 5.92. The number of amides is 2. The molecule has 2 fully saturated rings. The summed E-state index contributed by atoms with van der Waals surface area (Å²) >= 11 is 0. The normalized spacial score (nSPS) is 18.7. The maximum absolute atomic E-state index is 12.2. The Hall–Kier alpha value is -2.04. The van der Waals surface area contributed by atoms with Gasteiger partial charge in [-0.15, -0.1) is 0 Å². The molecule has 0 N–H and O–H groups in total. The van der Waals surface area contributed by atoms with Gasteiger partial charge in [0.2, 0.25) is 5.91 Å². The number of benzene rings is 1. The number of ether oxygens (including phenoxy) is 1. The van der Waals surface area contributed by atoms with Crippen molar-refractivity contribution in [3.05, 3.63) is 24.3 Å². The van der Waals surface area contributed by atoms with Crippen molar-refractivity contribution in [3.63, 3.8) is 0 Å². The number of piperidine rings is 1. The largest absolute Gasteiger partial charge is 0.415 e. The Morgan fingerprint density at radius 1 is 0.960 bits per heavy atom. The van der Waals surface area contributed by atoms with E-state index < -0.39 is 0 Å². The molecule has 2 amide bonds. The van der Waals surface area contributed by atoms with Gasteiger partial charge in [0.25, 0.3) is 0 Å². The van der Waals surface area contributed by atoms with Crippen LogP contribution >= 0.6 is 0 Å². The van der Waals surface area contributed by atoms with Crippen molar-refractivity contribution in [3.8, 4) is 5.75 Å². The van der Waals surface area contributed by atoms with Crippen molar-refractivity contribution in [2.45, 2.75) is 64.3 Å². The van der Waals surface area contributed by atoms with Crippen molar-refractivity contribution in [2.24, 2.45) is 0 Å². The summed E-state index contributed by atoms with van der Waals surface area (Å²) < 4.78 is 5.48. The number of carbonyl (C=O) groups is 2. The van der Waals surface area contributed by atoms with Crippen molar-refractivity contribution < 1.29 is 14.3 Å². The second-order valence-electron chi connectivity index (χ2n) is 7.09. The second kappa shape index (κ2) is 8.37. The average Bonchev–Trinajstić information content (AvgIpc) is 2.65. The predicted octanol–water partition coefficient (Wildman–Crippen LogP) is 4.36. The quantitative estimate of drug-likeness (QED) is 0.819. The summed E-state index contributed by atoms with van der Waals surface area (Å²) in [6.45, 7) is 3.17. The molecule has 5 nitrogen and oxygen atoms in total. The average molecular weight is 344 g/mol. The standard InChI is InChI=1S/C20H28N2O3/c1-16(23)22(17-8-4-2-5-9-17)18-10-12-19(13-11-18)25-20(24)21-14-6-3-7-15-21/h10-13,17H,2-9,14-15H2,1H3. The van der Waals surface area contributed by atoms with Gasteiger partial charge >= 0.3 is 6.09 Å². The minimum Gasteiger partial charge on any atom is -0.410 e. The van der Waals surface area contributed by atoms with Crippen LogP contribution in [0.15, 0.2) is 24.3 Å². The first kappa shape index (κ1) is 17.8. The third-order valence-corrected chi connectivity index (χ3v) is 5.21. The molecule has 0 radical (unpaired) electrons. The Kier molecular flexibility index (Phi) is 5.95. The summed E-state index contributed by atoms with van der Waals surface area (Å²) in [4.78, 5) is 28.0. The van der Waals surface area contributed by atoms with Crippen LogP contribution in [0, 0.1) is 0 Å². The molecule has 1 saturated carbocycles. The number of rotatable bonds is 3. The first-order valence-corrected chi connectivity index (χ1v) is 9.52. The Bertz CT molecular complexity index is 587. The van der Waals surface area contributed by atoms with Gasteiger partial charge in [0.15, 0.2) is 0 Å². The monoisotopic (exact) mass is 344 g/mol. The summed E-state index contributed by atoms with van der Waals surface area (Å²) in [5.74, 6) is 0.608. The number of carbonyl (C=O) groups excluding carboxylic acids is 2. The van der Waals surface area contributed by atoms with Crippen molar-refractivity contribution in [1.29, 1.82) is 0 Å². The van der Waals surface area contributed by atoms with Crippen LogP contribution in [-0.2, 0) is 4.79 Å². The van der Waals surface area contributed by atoms with E-state index in [-0.39, 0.29) is 18.0 Å². The highest BCUT2D eigenvalue weighted by Gasteiger charge is 2.25. The molecule has 1 aromatic carbocycles. The van der Waals surface area contributed by atoms with Gasteiger partial charge < -0.3 is 14.5 Å². The maximum atomic E-state index is 12.2. The van der Waals surface area contributed by atoms with Gasteiger partial charge in [-0.3, -0.25) is 4.79 Å². The van der Waals surface area contributed by atoms with Gasteiger partial charge in [0.1, 0.15) is 5.75 Å². The highest BCUT2D eigenvalue weighted by Crippen LogP contribution is 2.29. The van der Waals surface area contributed by atoms with Crippen LogP contribution in [-0.4, -0.2) is 36.0 Å². The molecule has 1 aromatic rings. The van der Waals surface area contributed by atoms with Crippen LogP contribution in [0.3, 0.4) is 0 Å². The number of nitrogens with zero attached hydrogens (tertiary/aromatic N) is 2. The lowest BCUT2D eigenvalue weighted by atomic mass is 9.93. The van der Waals surface area contributed by atoms with Gasteiger partial charge in [-0.05, 0) is 56.4 Å². The van der Waals surface area contributed by atoms with Gasteiger partial charge in [0.05, 0.1) is 0 Å². The molecule has 25 heavy (non-hydrogen) atoms. The summed E-state index contributed by atoms with van der Waals surface area (Å²) in [6.07, 6.45) is 8.74. The smallest absolute Gasteiger partial charge is 0.410 e. The molecule has 0 aromatic heterocycles. The van der Waals surface area contributed by atoms with E-state index in [1.54, 1.807) is 24.0 Å². The molecule has 0 spiro atoms. The number of hydrogen-bond donors (Lipinski definition) is 0. The zero-order valence-corrected chi connectivity index (χ0v) is 15.1. The van der Waals surface area contributed by atoms with Crippen molar-refractivity contribution >= 4 is 17.7 Å². The highest BCUT2D eigenvalue weighted by atomic mass is 16.6. The fourth-order valence-corrected chi connectivity index (χ4v) is 3.91. The van der Waals surface area contributed by atoms with E-state index >= 15 is 0 Å². The lowest BCUT2D eigenvalue weighted by Gasteiger charge is -2.33. The molecular formula is C20H28N2O3. The maximum Gasteiger partial charge on any atom is 0.415 e. The van der Waals surface area contributed by atoms with Crippen LogP contribution in [0.2, 0.25) is 0 Å². The minimum atomic E-state index is -0.275. The summed E-state index contributed by atoms with van der Waals surface area (Å²) in [5, 5.41) is 0. The molecule has 1 aliphatic heterocycles. The first-order valence-electron chi connectivity index (χ1n) is 9.52. The van der Waals surface area contributed by atoms with Crippen LogP contribution in [0.25, 0.3) is 0 Å². The number of anilines is 1. The topological polar surface area (TPSA) is 49.9 Å². The summed E-state index contributed by atoms with van der Waals surface area (Å²) in [7, 11) is 0. The zero-order valence-electron chi connectivity index (χ0n) is 15.1. The van der Waals surface area contributed by atoms with Gasteiger partial charge in [0, 0.05) is 31.7 Å². The van der Waals surface area contributed by atoms with E-state index in [1.807, 2.05) is 17.0 Å². The second-order valence-corrected chi connectivity index (χ2v) is 7.09. The van der Waals surface area contributed by atoms with Gasteiger partial charge in [-0.2, -0.15) is 0 Å². The van der Waals surface area contributed by atoms with E-state index in [0.29, 0.717) is 5.75 Å². The van der Waals surface area contributed by atoms with Crippen LogP contribution in [0.1, 0.15) is 58.3 Å². The van der Waals surface area contributed by atoms with Crippen LogP contribution in [0.4, 0.5) is 10.5 Å². The van der Waals surface area contributed by atoms with E-state index in [2.05, 4.69) is 0 Å². The Morgan fingerprint density at radius 3 is 2.16 bits per heavy atom. The third kappa shape index (κ3) is 4.53. The molecule has 1 heterocycles. The molecule has 5 heteroatoms. The summed E-state index contributed by atoms with van der Waals surface area (Å²) in [5.41, 5.74) is 0.886. The molecular weight excluding hydrogens is 316 g/mol. The van der Waals surface area contributed by atoms with Crippen molar-refractivity contribution in [1.82, 2.24) is 4.90 Å². The molecule has 136 valence electrons. The molecule has 1 saturated heterocycles. The van der Waals surface area contributed by atoms with E-state index in [0.717, 1.165) is 44.5 Å².